The van der Waals surface area contributed by atoms with Crippen molar-refractivity contribution < 1.29 is 15.0 Å². The molecule has 1 aliphatic carbocycles. The first-order valence-corrected chi connectivity index (χ1v) is 7.20. The van der Waals surface area contributed by atoms with Crippen molar-refractivity contribution in [2.75, 3.05) is 11.9 Å². The van der Waals surface area contributed by atoms with Crippen LogP contribution in [-0.2, 0) is 0 Å². The molecule has 2 unspecified atom stereocenters. The zero-order chi connectivity index (χ0) is 14.8. The SMILES string of the molecule is O=C(O)c1cc(NCC2CCCC2O)nc2ccccc12. The molecule has 5 nitrogen and oxygen atoms in total. The molecule has 1 fully saturated rings. The van der Waals surface area contributed by atoms with Gasteiger partial charge in [-0.2, -0.15) is 0 Å². The van der Waals surface area contributed by atoms with Gasteiger partial charge in [-0.05, 0) is 25.0 Å². The van der Waals surface area contributed by atoms with E-state index in [9.17, 15) is 15.0 Å². The Hall–Kier alpha value is -2.14. The van der Waals surface area contributed by atoms with E-state index in [-0.39, 0.29) is 17.6 Å². The highest BCUT2D eigenvalue weighted by Crippen LogP contribution is 2.26. The van der Waals surface area contributed by atoms with Gasteiger partial charge in [-0.15, -0.1) is 0 Å². The summed E-state index contributed by atoms with van der Waals surface area (Å²) in [7, 11) is 0. The van der Waals surface area contributed by atoms with Gasteiger partial charge in [-0.1, -0.05) is 24.6 Å². The summed E-state index contributed by atoms with van der Waals surface area (Å²) in [4.78, 5) is 15.8. The molecule has 2 aromatic rings. The van der Waals surface area contributed by atoms with E-state index in [1.54, 1.807) is 24.3 Å². The second-order valence-corrected chi connectivity index (χ2v) is 5.52. The zero-order valence-corrected chi connectivity index (χ0v) is 11.6. The van der Waals surface area contributed by atoms with Crippen LogP contribution in [0.25, 0.3) is 10.9 Å². The van der Waals surface area contributed by atoms with Crippen LogP contribution >= 0.6 is 0 Å². The number of para-hydroxylation sites is 1. The quantitative estimate of drug-likeness (QED) is 0.804. The van der Waals surface area contributed by atoms with Crippen LogP contribution in [0.4, 0.5) is 5.82 Å². The summed E-state index contributed by atoms with van der Waals surface area (Å²) in [5, 5.41) is 23.0. The Morgan fingerprint density at radius 2 is 2.14 bits per heavy atom. The van der Waals surface area contributed by atoms with Crippen LogP contribution in [0.5, 0.6) is 0 Å². The van der Waals surface area contributed by atoms with Gasteiger partial charge in [0.05, 0.1) is 17.2 Å². The molecule has 0 aliphatic heterocycles. The van der Waals surface area contributed by atoms with Crippen LogP contribution in [0.15, 0.2) is 30.3 Å². The second kappa shape index (κ2) is 5.69. The summed E-state index contributed by atoms with van der Waals surface area (Å²) in [6.45, 7) is 0.617. The molecule has 3 N–H and O–H groups in total. The number of rotatable bonds is 4. The van der Waals surface area contributed by atoms with Gasteiger partial charge in [0, 0.05) is 17.8 Å². The molecule has 1 aromatic carbocycles. The minimum absolute atomic E-state index is 0.214. The number of benzene rings is 1. The lowest BCUT2D eigenvalue weighted by atomic mass is 10.1. The van der Waals surface area contributed by atoms with Crippen LogP contribution in [0.3, 0.4) is 0 Å². The number of pyridine rings is 1. The average molecular weight is 286 g/mol. The fourth-order valence-electron chi connectivity index (χ4n) is 2.93. The summed E-state index contributed by atoms with van der Waals surface area (Å²) in [6, 6.07) is 8.77. The maximum atomic E-state index is 11.4. The highest BCUT2D eigenvalue weighted by atomic mass is 16.4. The third-order valence-corrected chi connectivity index (χ3v) is 4.11. The number of anilines is 1. The van der Waals surface area contributed by atoms with Crippen LogP contribution in [0, 0.1) is 5.92 Å². The number of carbonyl (C=O) groups is 1. The third-order valence-electron chi connectivity index (χ3n) is 4.11. The Bertz CT molecular complexity index is 672. The number of fused-ring (bicyclic) bond motifs is 1. The molecule has 0 spiro atoms. The van der Waals surface area contributed by atoms with Crippen molar-refractivity contribution >= 4 is 22.7 Å². The van der Waals surface area contributed by atoms with Crippen molar-refractivity contribution in [1.29, 1.82) is 0 Å². The Kier molecular flexibility index (Phi) is 3.75. The number of aliphatic hydroxyl groups excluding tert-OH is 1. The smallest absolute Gasteiger partial charge is 0.336 e. The number of hydrogen-bond donors (Lipinski definition) is 3. The van der Waals surface area contributed by atoms with E-state index in [1.807, 2.05) is 6.07 Å². The molecule has 1 saturated carbocycles. The van der Waals surface area contributed by atoms with Gasteiger partial charge in [0.25, 0.3) is 0 Å². The molecule has 2 atom stereocenters. The summed E-state index contributed by atoms with van der Waals surface area (Å²) in [5.41, 5.74) is 0.905. The number of nitrogens with zero attached hydrogens (tertiary/aromatic N) is 1. The van der Waals surface area contributed by atoms with Crippen molar-refractivity contribution in [2.45, 2.75) is 25.4 Å². The molecule has 1 heterocycles. The fourth-order valence-corrected chi connectivity index (χ4v) is 2.93. The molecule has 0 saturated heterocycles. The molecule has 110 valence electrons. The largest absolute Gasteiger partial charge is 0.478 e. The number of carboxylic acids is 1. The summed E-state index contributed by atoms with van der Waals surface area (Å²) < 4.78 is 0. The standard InChI is InChI=1S/C16H18N2O3/c19-14-7-3-4-10(14)9-17-15-8-12(16(20)21)11-5-1-2-6-13(11)18-15/h1-2,5-6,8,10,14,19H,3-4,7,9H2,(H,17,18)(H,20,21). The van der Waals surface area contributed by atoms with Crippen LogP contribution in [0.1, 0.15) is 29.6 Å². The average Bonchev–Trinajstić information content (AvgIpc) is 2.89. The maximum Gasteiger partial charge on any atom is 0.336 e. The minimum atomic E-state index is -0.961. The molecule has 0 amide bonds. The first-order chi connectivity index (χ1) is 10.1. The number of nitrogens with one attached hydrogen (secondary N) is 1. The van der Waals surface area contributed by atoms with E-state index in [0.717, 1.165) is 19.3 Å². The Morgan fingerprint density at radius 1 is 1.33 bits per heavy atom. The van der Waals surface area contributed by atoms with Gasteiger partial charge < -0.3 is 15.5 Å². The molecule has 5 heteroatoms. The van der Waals surface area contributed by atoms with E-state index in [1.165, 1.54) is 0 Å². The second-order valence-electron chi connectivity index (χ2n) is 5.52. The van der Waals surface area contributed by atoms with Gasteiger partial charge in [-0.25, -0.2) is 9.78 Å². The van der Waals surface area contributed by atoms with Gasteiger partial charge in [-0.3, -0.25) is 0 Å². The monoisotopic (exact) mass is 286 g/mol. The molecule has 21 heavy (non-hydrogen) atoms. The van der Waals surface area contributed by atoms with Gasteiger partial charge in [0.15, 0.2) is 0 Å². The van der Waals surface area contributed by atoms with E-state index < -0.39 is 5.97 Å². The maximum absolute atomic E-state index is 11.4. The lowest BCUT2D eigenvalue weighted by molar-refractivity contribution is 0.0699. The molecule has 1 aromatic heterocycles. The third kappa shape index (κ3) is 2.83. The van der Waals surface area contributed by atoms with Crippen molar-refractivity contribution in [3.63, 3.8) is 0 Å². The Balaban J connectivity index is 1.86. The van der Waals surface area contributed by atoms with Gasteiger partial charge in [0.1, 0.15) is 5.82 Å². The molecule has 1 aliphatic rings. The summed E-state index contributed by atoms with van der Waals surface area (Å²) in [6.07, 6.45) is 2.61. The number of carboxylic acid groups (broad SMARTS) is 1. The molecule has 0 bridgehead atoms. The summed E-state index contributed by atoms with van der Waals surface area (Å²) in [5.74, 6) is -0.200. The molecular formula is C16H18N2O3. The van der Waals surface area contributed by atoms with Gasteiger partial charge >= 0.3 is 5.97 Å². The predicted octanol–water partition coefficient (Wildman–Crippen LogP) is 2.51. The first-order valence-electron chi connectivity index (χ1n) is 7.20. The highest BCUT2D eigenvalue weighted by molar-refractivity contribution is 6.03. The lowest BCUT2D eigenvalue weighted by Crippen LogP contribution is -2.22. The lowest BCUT2D eigenvalue weighted by Gasteiger charge is -2.16. The van der Waals surface area contributed by atoms with Gasteiger partial charge in [0.2, 0.25) is 0 Å². The molecular weight excluding hydrogens is 268 g/mol. The van der Waals surface area contributed by atoms with Crippen molar-refractivity contribution in [2.24, 2.45) is 5.92 Å². The van der Waals surface area contributed by atoms with E-state index in [0.29, 0.717) is 23.3 Å². The number of aromatic nitrogens is 1. The van der Waals surface area contributed by atoms with E-state index in [2.05, 4.69) is 10.3 Å². The van der Waals surface area contributed by atoms with Crippen molar-refractivity contribution in [3.8, 4) is 0 Å². The minimum Gasteiger partial charge on any atom is -0.478 e. The Labute approximate surface area is 122 Å². The fraction of sp³-hybridized carbons (Fsp3) is 0.375. The summed E-state index contributed by atoms with van der Waals surface area (Å²) >= 11 is 0. The molecule has 0 radical (unpaired) electrons. The topological polar surface area (TPSA) is 82.5 Å². The van der Waals surface area contributed by atoms with Crippen LogP contribution < -0.4 is 5.32 Å². The zero-order valence-electron chi connectivity index (χ0n) is 11.6. The molecule has 3 rings (SSSR count). The number of hydrogen-bond acceptors (Lipinski definition) is 4. The van der Waals surface area contributed by atoms with E-state index >= 15 is 0 Å². The van der Waals surface area contributed by atoms with Crippen LogP contribution in [0.2, 0.25) is 0 Å². The van der Waals surface area contributed by atoms with Crippen LogP contribution in [-0.4, -0.2) is 33.8 Å². The first kappa shape index (κ1) is 13.8. The van der Waals surface area contributed by atoms with Crippen molar-refractivity contribution in [3.05, 3.63) is 35.9 Å². The Morgan fingerprint density at radius 3 is 2.86 bits per heavy atom. The number of aromatic carboxylic acids is 1. The number of aliphatic hydroxyl groups is 1. The van der Waals surface area contributed by atoms with E-state index in [4.69, 9.17) is 0 Å². The predicted molar refractivity (Wildman–Crippen MR) is 80.5 cm³/mol. The normalized spacial score (nSPS) is 21.6. The van der Waals surface area contributed by atoms with Crippen molar-refractivity contribution in [1.82, 2.24) is 4.98 Å². The highest BCUT2D eigenvalue weighted by Gasteiger charge is 2.25.